The smallest absolute Gasteiger partial charge is 0.270 e. The van der Waals surface area contributed by atoms with Crippen LogP contribution in [0.5, 0.6) is 0 Å². The number of nitrogens with one attached hydrogen (secondary N) is 2. The molecule has 1 aromatic heterocycles. The highest BCUT2D eigenvalue weighted by Gasteiger charge is 2.30. The van der Waals surface area contributed by atoms with Crippen molar-refractivity contribution < 1.29 is 9.72 Å². The van der Waals surface area contributed by atoms with Gasteiger partial charge < -0.3 is 15.2 Å². The second kappa shape index (κ2) is 10.2. The van der Waals surface area contributed by atoms with Crippen LogP contribution in [0.2, 0.25) is 0 Å². The molecule has 0 unspecified atom stereocenters. The van der Waals surface area contributed by atoms with Crippen molar-refractivity contribution in [2.45, 2.75) is 19.4 Å². The highest BCUT2D eigenvalue weighted by Crippen LogP contribution is 2.39. The molecule has 3 heterocycles. The molecule has 2 aliphatic heterocycles. The predicted octanol–water partition coefficient (Wildman–Crippen LogP) is 5.52. The molecule has 1 saturated heterocycles. The number of nitro groups is 1. The molecule has 9 heteroatoms. The summed E-state index contributed by atoms with van der Waals surface area (Å²) >= 11 is 0. The Balaban J connectivity index is 1.40. The fraction of sp³-hybridized carbons (Fsp3) is 0.200. The van der Waals surface area contributed by atoms with E-state index in [2.05, 4.69) is 32.7 Å². The predicted molar refractivity (Wildman–Crippen MR) is 152 cm³/mol. The Morgan fingerprint density at radius 2 is 1.79 bits per heavy atom. The van der Waals surface area contributed by atoms with Crippen molar-refractivity contribution in [3.63, 3.8) is 0 Å². The topological polar surface area (TPSA) is 105 Å². The summed E-state index contributed by atoms with van der Waals surface area (Å²) in [6.45, 7) is 3.12. The van der Waals surface area contributed by atoms with Crippen LogP contribution in [-0.2, 0) is 18.4 Å². The summed E-state index contributed by atoms with van der Waals surface area (Å²) in [5.41, 5.74) is 5.71. The van der Waals surface area contributed by atoms with Gasteiger partial charge in [0.05, 0.1) is 16.2 Å². The van der Waals surface area contributed by atoms with Crippen LogP contribution in [0.15, 0.2) is 79.1 Å². The number of benzene rings is 3. The first kappa shape index (κ1) is 24.6. The molecule has 2 N–H and O–H groups in total. The van der Waals surface area contributed by atoms with Gasteiger partial charge >= 0.3 is 0 Å². The average molecular weight is 521 g/mol. The van der Waals surface area contributed by atoms with Crippen molar-refractivity contribution in [1.82, 2.24) is 14.5 Å². The number of aromatic nitrogens is 2. The molecule has 0 aliphatic carbocycles. The van der Waals surface area contributed by atoms with Crippen LogP contribution >= 0.6 is 0 Å². The highest BCUT2D eigenvalue weighted by atomic mass is 16.6. The zero-order chi connectivity index (χ0) is 26.9. The molecule has 0 atom stereocenters. The number of fused-ring (bicyclic) bond motifs is 1. The number of hydrogen-bond acceptors (Lipinski definition) is 6. The number of rotatable bonds is 7. The number of nitro benzene ring substituents is 1. The molecule has 0 radical (unpaired) electrons. The van der Waals surface area contributed by atoms with E-state index in [1.165, 1.54) is 30.5 Å². The number of non-ortho nitro benzene ring substituents is 1. The Labute approximate surface area is 225 Å². The lowest BCUT2D eigenvalue weighted by atomic mass is 9.98. The van der Waals surface area contributed by atoms with Crippen molar-refractivity contribution in [1.29, 1.82) is 0 Å². The van der Waals surface area contributed by atoms with Crippen LogP contribution in [-0.4, -0.2) is 38.4 Å². The molecule has 196 valence electrons. The Hall–Kier alpha value is -4.76. The molecule has 1 fully saturated rings. The van der Waals surface area contributed by atoms with E-state index in [0.717, 1.165) is 42.3 Å². The average Bonchev–Trinajstić information content (AvgIpc) is 3.68. The lowest BCUT2D eigenvalue weighted by Gasteiger charge is -2.17. The lowest BCUT2D eigenvalue weighted by Crippen LogP contribution is -2.18. The molecule has 2 aliphatic rings. The van der Waals surface area contributed by atoms with Gasteiger partial charge in [0.2, 0.25) is 0 Å². The monoisotopic (exact) mass is 520 g/mol. The minimum absolute atomic E-state index is 0.0671. The minimum Gasteiger partial charge on any atom is -0.354 e. The minimum atomic E-state index is -0.447. The standard InChI is InChI=1S/C30H28N6O3/c1-34-17-14-31-29(34)22-8-10-23(11-9-22)32-28(21-6-4-20(5-7-21)19-35-15-2-3-16-35)27-25-18-24(36(38)39)12-13-26(25)33-30(27)37/h4-14,17-18,32H,2-3,15-16,19H2,1H3,(H,33,37). The van der Waals surface area contributed by atoms with Crippen LogP contribution in [0, 0.1) is 10.1 Å². The largest absolute Gasteiger partial charge is 0.354 e. The van der Waals surface area contributed by atoms with E-state index in [1.807, 2.05) is 54.2 Å². The van der Waals surface area contributed by atoms with Crippen molar-refractivity contribution in [3.05, 3.63) is 106 Å². The molecule has 1 amide bonds. The molecule has 9 nitrogen and oxygen atoms in total. The number of amides is 1. The zero-order valence-corrected chi connectivity index (χ0v) is 21.6. The number of imidazole rings is 1. The van der Waals surface area contributed by atoms with Crippen molar-refractivity contribution in [2.75, 3.05) is 23.7 Å². The molecule has 0 bridgehead atoms. The van der Waals surface area contributed by atoms with Gasteiger partial charge in [-0.2, -0.15) is 0 Å². The number of aryl methyl sites for hydroxylation is 1. The Morgan fingerprint density at radius 1 is 1.05 bits per heavy atom. The number of likely N-dealkylation sites (tertiary alicyclic amines) is 1. The van der Waals surface area contributed by atoms with E-state index < -0.39 is 4.92 Å². The molecular formula is C30H28N6O3. The van der Waals surface area contributed by atoms with Gasteiger partial charge in [-0.1, -0.05) is 24.3 Å². The fourth-order valence-electron chi connectivity index (χ4n) is 5.26. The van der Waals surface area contributed by atoms with Crippen LogP contribution in [0.3, 0.4) is 0 Å². The van der Waals surface area contributed by atoms with E-state index in [0.29, 0.717) is 22.5 Å². The van der Waals surface area contributed by atoms with Crippen molar-refractivity contribution in [2.24, 2.45) is 7.05 Å². The number of nitrogens with zero attached hydrogens (tertiary/aromatic N) is 4. The maximum atomic E-state index is 13.3. The second-order valence-electron chi connectivity index (χ2n) is 9.94. The number of anilines is 2. The van der Waals surface area contributed by atoms with Gasteiger partial charge in [0.1, 0.15) is 5.82 Å². The van der Waals surface area contributed by atoms with Gasteiger partial charge in [0.25, 0.3) is 11.6 Å². The molecule has 6 rings (SSSR count). The van der Waals surface area contributed by atoms with Gasteiger partial charge in [-0.25, -0.2) is 4.98 Å². The first-order chi connectivity index (χ1) is 19.0. The van der Waals surface area contributed by atoms with Gasteiger partial charge in [0, 0.05) is 60.6 Å². The van der Waals surface area contributed by atoms with Gasteiger partial charge in [0.15, 0.2) is 0 Å². The molecule has 39 heavy (non-hydrogen) atoms. The summed E-state index contributed by atoms with van der Waals surface area (Å²) < 4.78 is 1.95. The van der Waals surface area contributed by atoms with Crippen LogP contribution < -0.4 is 10.6 Å². The van der Waals surface area contributed by atoms with Crippen LogP contribution in [0.25, 0.3) is 22.7 Å². The Morgan fingerprint density at radius 3 is 2.46 bits per heavy atom. The first-order valence-electron chi connectivity index (χ1n) is 13.0. The Bertz CT molecular complexity index is 1580. The third kappa shape index (κ3) is 4.92. The number of carbonyl (C=O) groups is 1. The molecular weight excluding hydrogens is 492 g/mol. The SMILES string of the molecule is Cn1ccnc1-c1ccc(NC(=C2C(=O)Nc3ccc([N+](=O)[O-])cc32)c2ccc(CN3CCCC3)cc2)cc1. The van der Waals surface area contributed by atoms with E-state index >= 15 is 0 Å². The summed E-state index contributed by atoms with van der Waals surface area (Å²) in [5, 5.41) is 17.8. The maximum Gasteiger partial charge on any atom is 0.270 e. The summed E-state index contributed by atoms with van der Waals surface area (Å²) in [5.74, 6) is 0.545. The van der Waals surface area contributed by atoms with Gasteiger partial charge in [-0.3, -0.25) is 19.8 Å². The summed E-state index contributed by atoms with van der Waals surface area (Å²) in [7, 11) is 1.94. The molecule has 4 aromatic rings. The van der Waals surface area contributed by atoms with Crippen molar-refractivity contribution >= 4 is 34.2 Å². The maximum absolute atomic E-state index is 13.3. The number of hydrogen-bond donors (Lipinski definition) is 2. The molecule has 0 spiro atoms. The number of carbonyl (C=O) groups excluding carboxylic acids is 1. The lowest BCUT2D eigenvalue weighted by molar-refractivity contribution is -0.384. The summed E-state index contributed by atoms with van der Waals surface area (Å²) in [6, 6.07) is 20.4. The molecule has 0 saturated carbocycles. The van der Waals surface area contributed by atoms with E-state index in [4.69, 9.17) is 0 Å². The third-order valence-corrected chi connectivity index (χ3v) is 7.29. The Kier molecular flexibility index (Phi) is 6.42. The third-order valence-electron chi connectivity index (χ3n) is 7.29. The van der Waals surface area contributed by atoms with Gasteiger partial charge in [-0.15, -0.1) is 0 Å². The summed E-state index contributed by atoms with van der Waals surface area (Å²) in [6.07, 6.45) is 6.12. The normalized spacial score (nSPS) is 16.2. The second-order valence-corrected chi connectivity index (χ2v) is 9.94. The van der Waals surface area contributed by atoms with E-state index in [9.17, 15) is 14.9 Å². The van der Waals surface area contributed by atoms with E-state index in [1.54, 1.807) is 12.3 Å². The quantitative estimate of drug-likeness (QED) is 0.189. The fourth-order valence-corrected chi connectivity index (χ4v) is 5.26. The van der Waals surface area contributed by atoms with E-state index in [-0.39, 0.29) is 11.6 Å². The summed E-state index contributed by atoms with van der Waals surface area (Å²) in [4.78, 5) is 31.2. The van der Waals surface area contributed by atoms with Crippen LogP contribution in [0.4, 0.5) is 17.1 Å². The molecule has 3 aromatic carbocycles. The highest BCUT2D eigenvalue weighted by molar-refractivity contribution is 6.37. The first-order valence-corrected chi connectivity index (χ1v) is 13.0. The zero-order valence-electron chi connectivity index (χ0n) is 21.6. The van der Waals surface area contributed by atoms with Crippen molar-refractivity contribution in [3.8, 4) is 11.4 Å². The van der Waals surface area contributed by atoms with Crippen LogP contribution in [0.1, 0.15) is 29.5 Å². The van der Waals surface area contributed by atoms with Gasteiger partial charge in [-0.05, 0) is 67.4 Å².